The summed E-state index contributed by atoms with van der Waals surface area (Å²) >= 11 is 0. The lowest BCUT2D eigenvalue weighted by Gasteiger charge is -2.32. The quantitative estimate of drug-likeness (QED) is 0.923. The summed E-state index contributed by atoms with van der Waals surface area (Å²) in [5.74, 6) is 5.17. The molecule has 21 heavy (non-hydrogen) atoms. The molecule has 3 aliphatic carbocycles. The Morgan fingerprint density at radius 1 is 1.24 bits per heavy atom. The highest BCUT2D eigenvalue weighted by Crippen LogP contribution is 2.58. The summed E-state index contributed by atoms with van der Waals surface area (Å²) in [6.07, 6.45) is 9.45. The van der Waals surface area contributed by atoms with Crippen molar-refractivity contribution in [3.05, 3.63) is 11.9 Å². The van der Waals surface area contributed by atoms with Gasteiger partial charge in [0.25, 0.3) is 0 Å². The van der Waals surface area contributed by atoms with E-state index in [1.165, 1.54) is 37.8 Å². The van der Waals surface area contributed by atoms with Crippen LogP contribution in [0.1, 0.15) is 37.8 Å². The van der Waals surface area contributed by atoms with Crippen molar-refractivity contribution >= 4 is 5.95 Å². The van der Waals surface area contributed by atoms with Crippen molar-refractivity contribution in [2.24, 2.45) is 30.7 Å². The number of imidazole rings is 1. The van der Waals surface area contributed by atoms with Crippen molar-refractivity contribution in [1.29, 1.82) is 0 Å². The van der Waals surface area contributed by atoms with Crippen LogP contribution in [0.4, 0.5) is 5.95 Å². The second-order valence-corrected chi connectivity index (χ2v) is 7.64. The Hall–Kier alpha value is -1.03. The highest BCUT2D eigenvalue weighted by Gasteiger charge is 2.53. The van der Waals surface area contributed by atoms with Gasteiger partial charge in [0.05, 0.1) is 11.9 Å². The van der Waals surface area contributed by atoms with E-state index in [2.05, 4.69) is 40.9 Å². The van der Waals surface area contributed by atoms with Crippen LogP contribution < -0.4 is 10.2 Å². The molecular formula is C17H28N4. The third-order valence-electron chi connectivity index (χ3n) is 6.43. The van der Waals surface area contributed by atoms with E-state index in [1.54, 1.807) is 0 Å². The van der Waals surface area contributed by atoms with E-state index in [9.17, 15) is 0 Å². The van der Waals surface area contributed by atoms with Crippen LogP contribution in [-0.2, 0) is 13.6 Å². The minimum absolute atomic E-state index is 0.757. The molecule has 0 radical (unpaired) electrons. The van der Waals surface area contributed by atoms with Gasteiger partial charge in [-0.2, -0.15) is 0 Å². The first kappa shape index (κ1) is 13.6. The van der Waals surface area contributed by atoms with Crippen LogP contribution in [0.3, 0.4) is 0 Å². The summed E-state index contributed by atoms with van der Waals surface area (Å²) in [4.78, 5) is 6.58. The molecule has 3 saturated carbocycles. The highest BCUT2D eigenvalue weighted by atomic mass is 15.3. The van der Waals surface area contributed by atoms with E-state index in [4.69, 9.17) is 0 Å². The standard InChI is InChI=1S/C17H28N4/c1-20(2)17-19-10-12(21(17)3)9-18-16-8-11-7-15(16)14-6-4-5-13(11)14/h10-11,13-16,18H,4-9H2,1-3H3. The van der Waals surface area contributed by atoms with Gasteiger partial charge in [0.15, 0.2) is 0 Å². The third kappa shape index (κ3) is 2.10. The van der Waals surface area contributed by atoms with Crippen LogP contribution in [0, 0.1) is 23.7 Å². The largest absolute Gasteiger partial charge is 0.348 e. The molecule has 3 fully saturated rings. The Labute approximate surface area is 127 Å². The molecule has 1 aromatic heterocycles. The number of rotatable bonds is 4. The lowest BCUT2D eigenvalue weighted by atomic mass is 9.79. The summed E-state index contributed by atoms with van der Waals surface area (Å²) in [5.41, 5.74) is 1.30. The number of nitrogens with zero attached hydrogens (tertiary/aromatic N) is 3. The SMILES string of the molecule is CN(C)c1ncc(CNC2CC3CC2C2CCCC32)n1C. The zero-order valence-electron chi connectivity index (χ0n) is 13.5. The van der Waals surface area contributed by atoms with E-state index in [-0.39, 0.29) is 0 Å². The zero-order valence-corrected chi connectivity index (χ0v) is 13.5. The van der Waals surface area contributed by atoms with E-state index in [0.29, 0.717) is 0 Å². The number of hydrogen-bond donors (Lipinski definition) is 1. The van der Waals surface area contributed by atoms with E-state index >= 15 is 0 Å². The van der Waals surface area contributed by atoms with Gasteiger partial charge in [-0.25, -0.2) is 4.98 Å². The van der Waals surface area contributed by atoms with Gasteiger partial charge >= 0.3 is 0 Å². The van der Waals surface area contributed by atoms with Gasteiger partial charge < -0.3 is 14.8 Å². The predicted octanol–water partition coefficient (Wildman–Crippen LogP) is 2.40. The van der Waals surface area contributed by atoms with Crippen LogP contribution >= 0.6 is 0 Å². The molecule has 4 nitrogen and oxygen atoms in total. The predicted molar refractivity (Wildman–Crippen MR) is 85.2 cm³/mol. The average molecular weight is 288 g/mol. The molecule has 0 saturated heterocycles. The van der Waals surface area contributed by atoms with E-state index in [0.717, 1.165) is 42.2 Å². The molecule has 4 heteroatoms. The van der Waals surface area contributed by atoms with Crippen LogP contribution in [0.25, 0.3) is 0 Å². The number of fused-ring (bicyclic) bond motifs is 5. The molecule has 3 aliphatic rings. The van der Waals surface area contributed by atoms with Crippen molar-refractivity contribution in [1.82, 2.24) is 14.9 Å². The summed E-state index contributed by atoms with van der Waals surface area (Å²) < 4.78 is 2.21. The first-order valence-corrected chi connectivity index (χ1v) is 8.56. The van der Waals surface area contributed by atoms with Gasteiger partial charge in [0, 0.05) is 33.7 Å². The fraction of sp³-hybridized carbons (Fsp3) is 0.824. The topological polar surface area (TPSA) is 33.1 Å². The Morgan fingerprint density at radius 3 is 2.81 bits per heavy atom. The van der Waals surface area contributed by atoms with Gasteiger partial charge in [-0.05, 0) is 49.4 Å². The number of hydrogen-bond acceptors (Lipinski definition) is 3. The molecular weight excluding hydrogens is 260 g/mol. The van der Waals surface area contributed by atoms with Crippen LogP contribution in [0.5, 0.6) is 0 Å². The minimum Gasteiger partial charge on any atom is -0.348 e. The Kier molecular flexibility index (Phi) is 3.25. The van der Waals surface area contributed by atoms with Gasteiger partial charge in [-0.15, -0.1) is 0 Å². The van der Waals surface area contributed by atoms with Gasteiger partial charge in [0.2, 0.25) is 5.95 Å². The zero-order chi connectivity index (χ0) is 14.6. The molecule has 1 N–H and O–H groups in total. The second kappa shape index (κ2) is 5.01. The molecule has 1 aromatic rings. The molecule has 0 amide bonds. The maximum Gasteiger partial charge on any atom is 0.204 e. The van der Waals surface area contributed by atoms with Crippen LogP contribution in [0.15, 0.2) is 6.20 Å². The van der Waals surface area contributed by atoms with E-state index in [1.807, 2.05) is 6.20 Å². The summed E-state index contributed by atoms with van der Waals surface area (Å²) in [7, 11) is 6.22. The molecule has 2 bridgehead atoms. The van der Waals surface area contributed by atoms with E-state index < -0.39 is 0 Å². The molecule has 1 heterocycles. The Bertz CT molecular complexity index is 521. The number of aromatic nitrogens is 2. The van der Waals surface area contributed by atoms with Crippen molar-refractivity contribution < 1.29 is 0 Å². The fourth-order valence-electron chi connectivity index (χ4n) is 5.55. The van der Waals surface area contributed by atoms with Crippen molar-refractivity contribution in [3.8, 4) is 0 Å². The maximum absolute atomic E-state index is 4.51. The van der Waals surface area contributed by atoms with Gasteiger partial charge in [-0.3, -0.25) is 0 Å². The van der Waals surface area contributed by atoms with Gasteiger partial charge in [0.1, 0.15) is 0 Å². The molecule has 5 atom stereocenters. The van der Waals surface area contributed by atoms with Crippen molar-refractivity contribution in [2.75, 3.05) is 19.0 Å². The highest BCUT2D eigenvalue weighted by molar-refractivity contribution is 5.31. The van der Waals surface area contributed by atoms with Crippen LogP contribution in [-0.4, -0.2) is 29.7 Å². The average Bonchev–Trinajstić information content (AvgIpc) is 3.17. The third-order valence-corrected chi connectivity index (χ3v) is 6.43. The second-order valence-electron chi connectivity index (χ2n) is 7.64. The maximum atomic E-state index is 4.51. The number of anilines is 1. The molecule has 116 valence electrons. The number of nitrogens with one attached hydrogen (secondary N) is 1. The smallest absolute Gasteiger partial charge is 0.204 e. The van der Waals surface area contributed by atoms with Crippen LogP contribution in [0.2, 0.25) is 0 Å². The van der Waals surface area contributed by atoms with Gasteiger partial charge in [-0.1, -0.05) is 6.42 Å². The molecule has 0 aliphatic heterocycles. The Balaban J connectivity index is 1.40. The molecule has 5 unspecified atom stereocenters. The molecule has 0 aromatic carbocycles. The first-order chi connectivity index (χ1) is 10.1. The monoisotopic (exact) mass is 288 g/mol. The molecule has 0 spiro atoms. The Morgan fingerprint density at radius 2 is 2.05 bits per heavy atom. The summed E-state index contributed by atoms with van der Waals surface area (Å²) in [6.45, 7) is 0.961. The molecule has 4 rings (SSSR count). The normalized spacial score (nSPS) is 37.2. The lowest BCUT2D eigenvalue weighted by molar-refractivity contribution is 0.207. The first-order valence-electron chi connectivity index (χ1n) is 8.56. The fourth-order valence-corrected chi connectivity index (χ4v) is 5.55. The van der Waals surface area contributed by atoms with Crippen molar-refractivity contribution in [2.45, 2.75) is 44.7 Å². The minimum atomic E-state index is 0.757. The summed E-state index contributed by atoms with van der Waals surface area (Å²) in [6, 6.07) is 0.757. The summed E-state index contributed by atoms with van der Waals surface area (Å²) in [5, 5.41) is 3.86. The van der Waals surface area contributed by atoms with Crippen molar-refractivity contribution in [3.63, 3.8) is 0 Å². The lowest BCUT2D eigenvalue weighted by Crippen LogP contribution is -2.39.